The van der Waals surface area contributed by atoms with Gasteiger partial charge in [-0.3, -0.25) is 0 Å². The second-order valence-electron chi connectivity index (χ2n) is 5.40. The highest BCUT2D eigenvalue weighted by Gasteiger charge is 2.25. The lowest BCUT2D eigenvalue weighted by Gasteiger charge is -2.24. The number of nitrogens with one attached hydrogen (secondary N) is 1. The molecule has 3 nitrogen and oxygen atoms in total. The first-order valence-electron chi connectivity index (χ1n) is 7.48. The summed E-state index contributed by atoms with van der Waals surface area (Å²) in [7, 11) is 0. The molecular formula is C16H23NO2. The van der Waals surface area contributed by atoms with Crippen molar-refractivity contribution in [2.45, 2.75) is 44.8 Å². The Morgan fingerprint density at radius 1 is 1.26 bits per heavy atom. The van der Waals surface area contributed by atoms with Crippen LogP contribution in [0.25, 0.3) is 0 Å². The van der Waals surface area contributed by atoms with Gasteiger partial charge in [-0.05, 0) is 36.6 Å². The van der Waals surface area contributed by atoms with Gasteiger partial charge in [0.1, 0.15) is 11.9 Å². The third kappa shape index (κ3) is 2.77. The zero-order chi connectivity index (χ0) is 13.1. The Labute approximate surface area is 115 Å². The van der Waals surface area contributed by atoms with Crippen LogP contribution in [0.2, 0.25) is 0 Å². The topological polar surface area (TPSA) is 30.5 Å². The van der Waals surface area contributed by atoms with Crippen LogP contribution < -0.4 is 10.1 Å². The van der Waals surface area contributed by atoms with Crippen molar-refractivity contribution in [3.63, 3.8) is 0 Å². The fourth-order valence-corrected chi connectivity index (χ4v) is 3.16. The number of benzene rings is 1. The van der Waals surface area contributed by atoms with E-state index in [2.05, 4.69) is 30.4 Å². The fraction of sp³-hybridized carbons (Fsp3) is 0.625. The van der Waals surface area contributed by atoms with Crippen molar-refractivity contribution in [3.05, 3.63) is 29.3 Å². The molecule has 3 rings (SSSR count). The molecule has 1 heterocycles. The van der Waals surface area contributed by atoms with E-state index in [0.717, 1.165) is 44.8 Å². The number of hydrogen-bond acceptors (Lipinski definition) is 3. The van der Waals surface area contributed by atoms with Crippen LogP contribution >= 0.6 is 0 Å². The molecule has 1 saturated heterocycles. The van der Waals surface area contributed by atoms with Gasteiger partial charge < -0.3 is 14.8 Å². The van der Waals surface area contributed by atoms with Crippen LogP contribution in [0.1, 0.15) is 43.4 Å². The van der Waals surface area contributed by atoms with Gasteiger partial charge in [0, 0.05) is 18.9 Å². The number of fused-ring (bicyclic) bond motifs is 1. The van der Waals surface area contributed by atoms with E-state index in [1.54, 1.807) is 0 Å². The van der Waals surface area contributed by atoms with E-state index in [-0.39, 0.29) is 0 Å². The lowest BCUT2D eigenvalue weighted by Crippen LogP contribution is -2.26. The Morgan fingerprint density at radius 2 is 2.11 bits per heavy atom. The van der Waals surface area contributed by atoms with Crippen LogP contribution in [0.3, 0.4) is 0 Å². The Kier molecular flexibility index (Phi) is 4.04. The second-order valence-corrected chi connectivity index (χ2v) is 5.40. The third-order valence-corrected chi connectivity index (χ3v) is 4.14. The summed E-state index contributed by atoms with van der Waals surface area (Å²) in [6, 6.07) is 7.01. The normalized spacial score (nSPS) is 23.3. The first-order chi connectivity index (χ1) is 9.38. The molecule has 1 aromatic carbocycles. The molecule has 1 fully saturated rings. The fourth-order valence-electron chi connectivity index (χ4n) is 3.16. The molecule has 1 unspecified atom stereocenters. The van der Waals surface area contributed by atoms with Crippen LogP contribution in [0.15, 0.2) is 18.2 Å². The van der Waals surface area contributed by atoms with E-state index in [4.69, 9.17) is 9.47 Å². The molecule has 1 aliphatic heterocycles. The molecule has 1 atom stereocenters. The molecule has 0 radical (unpaired) electrons. The number of rotatable bonds is 4. The van der Waals surface area contributed by atoms with Crippen LogP contribution in [-0.2, 0) is 11.2 Å². The monoisotopic (exact) mass is 261 g/mol. The standard InChI is InChI=1S/C16H23NO2/c1-2-17-15-7-6-14-13(15)4-3-5-16(14)19-12-8-10-18-11-9-12/h3-5,12,15,17H,2,6-11H2,1H3. The van der Waals surface area contributed by atoms with E-state index in [1.165, 1.54) is 17.5 Å². The molecule has 19 heavy (non-hydrogen) atoms. The van der Waals surface area contributed by atoms with Crippen molar-refractivity contribution in [2.24, 2.45) is 0 Å². The van der Waals surface area contributed by atoms with E-state index in [0.29, 0.717) is 12.1 Å². The van der Waals surface area contributed by atoms with Crippen LogP contribution in [0.4, 0.5) is 0 Å². The van der Waals surface area contributed by atoms with E-state index in [1.807, 2.05) is 0 Å². The first-order valence-corrected chi connectivity index (χ1v) is 7.48. The molecule has 0 spiro atoms. The quantitative estimate of drug-likeness (QED) is 0.904. The van der Waals surface area contributed by atoms with Crippen molar-refractivity contribution in [1.82, 2.24) is 5.32 Å². The molecular weight excluding hydrogens is 238 g/mol. The molecule has 104 valence electrons. The number of hydrogen-bond donors (Lipinski definition) is 1. The van der Waals surface area contributed by atoms with E-state index in [9.17, 15) is 0 Å². The molecule has 2 aliphatic rings. The van der Waals surface area contributed by atoms with Crippen molar-refractivity contribution < 1.29 is 9.47 Å². The van der Waals surface area contributed by atoms with E-state index < -0.39 is 0 Å². The smallest absolute Gasteiger partial charge is 0.123 e. The average molecular weight is 261 g/mol. The van der Waals surface area contributed by atoms with Crippen molar-refractivity contribution in [2.75, 3.05) is 19.8 Å². The largest absolute Gasteiger partial charge is 0.490 e. The zero-order valence-electron chi connectivity index (χ0n) is 11.7. The second kappa shape index (κ2) is 5.93. The molecule has 0 bridgehead atoms. The summed E-state index contributed by atoms with van der Waals surface area (Å²) >= 11 is 0. The van der Waals surface area contributed by atoms with Crippen molar-refractivity contribution in [3.8, 4) is 5.75 Å². The summed E-state index contributed by atoms with van der Waals surface area (Å²) in [4.78, 5) is 0. The van der Waals surface area contributed by atoms with Gasteiger partial charge in [-0.25, -0.2) is 0 Å². The van der Waals surface area contributed by atoms with Gasteiger partial charge in [0.15, 0.2) is 0 Å². The lowest BCUT2D eigenvalue weighted by atomic mass is 10.1. The van der Waals surface area contributed by atoms with Gasteiger partial charge in [-0.1, -0.05) is 19.1 Å². The van der Waals surface area contributed by atoms with Gasteiger partial charge in [0.25, 0.3) is 0 Å². The summed E-state index contributed by atoms with van der Waals surface area (Å²) in [6.07, 6.45) is 4.68. The maximum atomic E-state index is 6.22. The van der Waals surface area contributed by atoms with Crippen LogP contribution in [0, 0.1) is 0 Å². The van der Waals surface area contributed by atoms with E-state index >= 15 is 0 Å². The molecule has 3 heteroatoms. The Bertz CT molecular complexity index is 427. The number of ether oxygens (including phenoxy) is 2. The molecule has 1 aromatic rings. The molecule has 0 saturated carbocycles. The first kappa shape index (κ1) is 12.9. The van der Waals surface area contributed by atoms with Crippen LogP contribution in [0.5, 0.6) is 5.75 Å². The third-order valence-electron chi connectivity index (χ3n) is 4.14. The minimum atomic E-state index is 0.332. The summed E-state index contributed by atoms with van der Waals surface area (Å²) < 4.78 is 11.6. The highest BCUT2D eigenvalue weighted by Crippen LogP contribution is 2.37. The summed E-state index contributed by atoms with van der Waals surface area (Å²) in [6.45, 7) is 4.86. The van der Waals surface area contributed by atoms with Crippen molar-refractivity contribution in [1.29, 1.82) is 0 Å². The van der Waals surface area contributed by atoms with Gasteiger partial charge in [-0.2, -0.15) is 0 Å². The maximum absolute atomic E-state index is 6.22. The SMILES string of the molecule is CCNC1CCc2c(OC3CCOCC3)cccc21. The van der Waals surface area contributed by atoms with Gasteiger partial charge in [0.05, 0.1) is 13.2 Å². The molecule has 1 aliphatic carbocycles. The molecule has 0 amide bonds. The Morgan fingerprint density at radius 3 is 2.89 bits per heavy atom. The highest BCUT2D eigenvalue weighted by molar-refractivity contribution is 5.45. The predicted octanol–water partition coefficient (Wildman–Crippen LogP) is 2.84. The Hall–Kier alpha value is -1.06. The average Bonchev–Trinajstić information content (AvgIpc) is 2.85. The summed E-state index contributed by atoms with van der Waals surface area (Å²) in [5, 5.41) is 3.56. The zero-order valence-corrected chi connectivity index (χ0v) is 11.7. The predicted molar refractivity (Wildman–Crippen MR) is 75.6 cm³/mol. The minimum Gasteiger partial charge on any atom is -0.490 e. The van der Waals surface area contributed by atoms with Gasteiger partial charge in [-0.15, -0.1) is 0 Å². The summed E-state index contributed by atoms with van der Waals surface area (Å²) in [5.41, 5.74) is 2.85. The molecule has 1 N–H and O–H groups in total. The highest BCUT2D eigenvalue weighted by atomic mass is 16.5. The summed E-state index contributed by atoms with van der Waals surface area (Å²) in [5.74, 6) is 1.10. The minimum absolute atomic E-state index is 0.332. The molecule has 0 aromatic heterocycles. The van der Waals surface area contributed by atoms with Crippen LogP contribution in [-0.4, -0.2) is 25.9 Å². The Balaban J connectivity index is 1.75. The maximum Gasteiger partial charge on any atom is 0.123 e. The van der Waals surface area contributed by atoms with Crippen molar-refractivity contribution >= 4 is 0 Å². The van der Waals surface area contributed by atoms with Gasteiger partial charge >= 0.3 is 0 Å². The lowest BCUT2D eigenvalue weighted by molar-refractivity contribution is 0.0252. The van der Waals surface area contributed by atoms with Gasteiger partial charge in [0.2, 0.25) is 0 Å².